The molecule has 4 N–H and O–H groups in total. The molecule has 0 radical (unpaired) electrons. The van der Waals surface area contributed by atoms with Crippen molar-refractivity contribution in [2.45, 2.75) is 39.8 Å². The van der Waals surface area contributed by atoms with Crippen LogP contribution in [0.15, 0.2) is 36.7 Å². The molecule has 16 nitrogen and oxygen atoms in total. The Morgan fingerprint density at radius 3 is 1.77 bits per heavy atom. The fraction of sp³-hybridized carbons (Fsp3) is 0.500. The number of rotatable bonds is 15. The van der Waals surface area contributed by atoms with Crippen LogP contribution in [0.5, 0.6) is 0 Å². The zero-order valence-corrected chi connectivity index (χ0v) is 28.1. The predicted molar refractivity (Wildman–Crippen MR) is 179 cm³/mol. The van der Waals surface area contributed by atoms with Gasteiger partial charge in [0, 0.05) is 45.0 Å². The zero-order valence-electron chi connectivity index (χ0n) is 28.1. The van der Waals surface area contributed by atoms with Crippen molar-refractivity contribution < 1.29 is 28.7 Å². The molecule has 0 bridgehead atoms. The maximum absolute atomic E-state index is 12.6. The highest BCUT2D eigenvalue weighted by molar-refractivity contribution is 5.82. The van der Waals surface area contributed by atoms with Crippen molar-refractivity contribution in [2.24, 2.45) is 0 Å². The largest absolute Gasteiger partial charge is 0.453 e. The summed E-state index contributed by atoms with van der Waals surface area (Å²) >= 11 is 0. The number of piperazine rings is 1. The molecule has 1 fully saturated rings. The van der Waals surface area contributed by atoms with Gasteiger partial charge in [0.2, 0.25) is 11.8 Å². The summed E-state index contributed by atoms with van der Waals surface area (Å²) in [5.74, 6) is 1.84. The van der Waals surface area contributed by atoms with Crippen LogP contribution < -0.4 is 20.4 Å². The van der Waals surface area contributed by atoms with Crippen molar-refractivity contribution in [2.75, 3.05) is 76.4 Å². The number of carbonyl (C=O) groups is 4. The minimum absolute atomic E-state index is 0.134. The fourth-order valence-corrected chi connectivity index (χ4v) is 5.39. The van der Waals surface area contributed by atoms with Gasteiger partial charge in [-0.3, -0.25) is 9.59 Å². The Bertz CT molecular complexity index is 1500. The van der Waals surface area contributed by atoms with Crippen LogP contribution in [0.4, 0.5) is 21.1 Å². The van der Waals surface area contributed by atoms with Crippen LogP contribution in [-0.4, -0.2) is 120 Å². The smallest absolute Gasteiger partial charge is 0.407 e. The number of ether oxygens (including phenoxy) is 2. The average molecular weight is 667 g/mol. The quantitative estimate of drug-likeness (QED) is 0.188. The second kappa shape index (κ2) is 17.6. The number of aromatic nitrogens is 4. The van der Waals surface area contributed by atoms with E-state index in [2.05, 4.69) is 74.1 Å². The van der Waals surface area contributed by atoms with Gasteiger partial charge in [0.1, 0.15) is 30.6 Å². The Morgan fingerprint density at radius 1 is 0.750 bits per heavy atom. The van der Waals surface area contributed by atoms with E-state index in [1.54, 1.807) is 22.2 Å². The van der Waals surface area contributed by atoms with E-state index in [9.17, 15) is 19.2 Å². The van der Waals surface area contributed by atoms with Crippen molar-refractivity contribution in [1.82, 2.24) is 40.4 Å². The number of hydrogen-bond acceptors (Lipinski definition) is 10. The zero-order chi connectivity index (χ0) is 34.5. The number of nitrogens with zero attached hydrogens (tertiary/aromatic N) is 6. The lowest BCUT2D eigenvalue weighted by molar-refractivity contribution is -0.131. The maximum atomic E-state index is 12.6. The maximum Gasteiger partial charge on any atom is 0.407 e. The first-order valence-electron chi connectivity index (χ1n) is 16.1. The van der Waals surface area contributed by atoms with Crippen LogP contribution in [0.25, 0.3) is 11.3 Å². The van der Waals surface area contributed by atoms with Gasteiger partial charge in [-0.1, -0.05) is 26.0 Å². The first-order chi connectivity index (χ1) is 23.2. The van der Waals surface area contributed by atoms with Gasteiger partial charge in [-0.15, -0.1) is 0 Å². The predicted octanol–water partition coefficient (Wildman–Crippen LogP) is 2.32. The second-order valence-electron chi connectivity index (χ2n) is 11.3. The number of carbonyl (C=O) groups excluding carboxylic acids is 4. The Balaban J connectivity index is 1.28. The van der Waals surface area contributed by atoms with E-state index in [0.29, 0.717) is 37.8 Å². The SMILES string of the molecule is CCCN(Cc1ncc(-c2ccc(N3CCN(c4cnc(CN(CCC)C(=O)CNC(=O)OC)[nH]4)CC3)cc2)[nH]1)C(=O)CNC(=O)OC. The molecule has 2 aromatic heterocycles. The highest BCUT2D eigenvalue weighted by Gasteiger charge is 2.21. The summed E-state index contributed by atoms with van der Waals surface area (Å²) in [6.07, 6.45) is 3.83. The number of imidazole rings is 2. The van der Waals surface area contributed by atoms with Gasteiger partial charge < -0.3 is 49.7 Å². The summed E-state index contributed by atoms with van der Waals surface area (Å²) in [4.78, 5) is 71.6. The molecular weight excluding hydrogens is 620 g/mol. The molecule has 0 atom stereocenters. The summed E-state index contributed by atoms with van der Waals surface area (Å²) in [5, 5.41) is 4.87. The molecule has 4 amide bonds. The molecule has 48 heavy (non-hydrogen) atoms. The molecule has 0 unspecified atom stereocenters. The van der Waals surface area contributed by atoms with E-state index in [4.69, 9.17) is 0 Å². The molecule has 0 spiro atoms. The van der Waals surface area contributed by atoms with E-state index in [1.807, 2.05) is 13.8 Å². The number of nitrogens with one attached hydrogen (secondary N) is 4. The number of methoxy groups -OCH3 is 2. The minimum Gasteiger partial charge on any atom is -0.453 e. The molecule has 0 aliphatic carbocycles. The van der Waals surface area contributed by atoms with Crippen molar-refractivity contribution >= 4 is 35.5 Å². The summed E-state index contributed by atoms with van der Waals surface area (Å²) < 4.78 is 9.10. The van der Waals surface area contributed by atoms with E-state index in [-0.39, 0.29) is 24.9 Å². The number of anilines is 2. The monoisotopic (exact) mass is 666 g/mol. The standard InChI is InChI=1S/C32H46N10O6/c1-5-11-41(29(43)19-35-31(45)47-3)21-26-33-17-25(37-26)23-7-9-24(10-8-23)39-13-15-40(16-14-39)28-18-34-27(38-28)22-42(12-6-2)30(44)20-36-32(46)48-4/h7-10,17-18H,5-6,11-16,19-22H2,1-4H3,(H,33,37)(H,34,38)(H,35,45)(H,36,46). The van der Waals surface area contributed by atoms with Gasteiger partial charge in [-0.25, -0.2) is 19.6 Å². The summed E-state index contributed by atoms with van der Waals surface area (Å²) in [6, 6.07) is 8.30. The third-order valence-corrected chi connectivity index (χ3v) is 7.92. The molecule has 260 valence electrons. The molecule has 3 heterocycles. The van der Waals surface area contributed by atoms with E-state index in [1.165, 1.54) is 14.2 Å². The van der Waals surface area contributed by atoms with Crippen LogP contribution >= 0.6 is 0 Å². The molecule has 1 aromatic carbocycles. The normalized spacial score (nSPS) is 12.8. The topological polar surface area (TPSA) is 181 Å². The number of benzene rings is 1. The molecule has 1 aliphatic rings. The third kappa shape index (κ3) is 9.86. The van der Waals surface area contributed by atoms with Crippen LogP contribution in [0.1, 0.15) is 38.3 Å². The highest BCUT2D eigenvalue weighted by Crippen LogP contribution is 2.24. The Labute approximate surface area is 280 Å². The van der Waals surface area contributed by atoms with Crippen LogP contribution in [0.2, 0.25) is 0 Å². The Kier molecular flexibility index (Phi) is 13.0. The number of alkyl carbamates (subject to hydrolysis) is 2. The van der Waals surface area contributed by atoms with Crippen LogP contribution in [0.3, 0.4) is 0 Å². The van der Waals surface area contributed by atoms with Gasteiger partial charge in [0.25, 0.3) is 0 Å². The lowest BCUT2D eigenvalue weighted by atomic mass is 10.1. The number of amides is 4. The van der Waals surface area contributed by atoms with E-state index < -0.39 is 12.2 Å². The first-order valence-corrected chi connectivity index (χ1v) is 16.1. The van der Waals surface area contributed by atoms with Gasteiger partial charge in [-0.2, -0.15) is 0 Å². The second-order valence-corrected chi connectivity index (χ2v) is 11.3. The van der Waals surface area contributed by atoms with Crippen molar-refractivity contribution in [3.63, 3.8) is 0 Å². The van der Waals surface area contributed by atoms with Crippen LogP contribution in [-0.2, 0) is 32.2 Å². The first kappa shape index (κ1) is 35.6. The number of hydrogen-bond donors (Lipinski definition) is 4. The molecule has 4 rings (SSSR count). The fourth-order valence-electron chi connectivity index (χ4n) is 5.39. The average Bonchev–Trinajstić information content (AvgIpc) is 3.79. The van der Waals surface area contributed by atoms with E-state index >= 15 is 0 Å². The lowest BCUT2D eigenvalue weighted by Crippen LogP contribution is -2.46. The van der Waals surface area contributed by atoms with Gasteiger partial charge in [-0.05, 0) is 30.5 Å². The molecule has 0 saturated carbocycles. The van der Waals surface area contributed by atoms with Crippen molar-refractivity contribution in [3.05, 3.63) is 48.3 Å². The lowest BCUT2D eigenvalue weighted by Gasteiger charge is -2.36. The Hall–Kier alpha value is -5.28. The van der Waals surface area contributed by atoms with Gasteiger partial charge >= 0.3 is 12.2 Å². The molecule has 16 heteroatoms. The number of H-pyrrole nitrogens is 2. The summed E-state index contributed by atoms with van der Waals surface area (Å²) in [7, 11) is 2.52. The molecule has 1 saturated heterocycles. The highest BCUT2D eigenvalue weighted by atomic mass is 16.5. The number of aromatic amines is 2. The van der Waals surface area contributed by atoms with Crippen molar-refractivity contribution in [3.8, 4) is 11.3 Å². The molecule has 1 aliphatic heterocycles. The molecular formula is C32H46N10O6. The third-order valence-electron chi connectivity index (χ3n) is 7.92. The summed E-state index contributed by atoms with van der Waals surface area (Å²) in [6.45, 7) is 8.68. The Morgan fingerprint density at radius 2 is 1.25 bits per heavy atom. The molecule has 3 aromatic rings. The van der Waals surface area contributed by atoms with Gasteiger partial charge in [0.05, 0.1) is 45.4 Å². The summed E-state index contributed by atoms with van der Waals surface area (Å²) in [5.41, 5.74) is 2.96. The minimum atomic E-state index is -0.647. The van der Waals surface area contributed by atoms with Crippen molar-refractivity contribution in [1.29, 1.82) is 0 Å². The van der Waals surface area contributed by atoms with Crippen LogP contribution in [0, 0.1) is 0 Å². The van der Waals surface area contributed by atoms with E-state index in [0.717, 1.165) is 61.8 Å². The van der Waals surface area contributed by atoms with Gasteiger partial charge in [0.15, 0.2) is 0 Å².